The number of hydrogen-bond acceptors (Lipinski definition) is 6. The molecule has 0 heterocycles. The van der Waals surface area contributed by atoms with Gasteiger partial charge in [0.1, 0.15) is 16.7 Å². The fourth-order valence-electron chi connectivity index (χ4n) is 6.34. The molecular formula is C24H36N4O5S. The fraction of sp³-hybridized carbons (Fsp3) is 0.667. The number of benzene rings is 1. The largest absolute Gasteiger partial charge is 0.492 e. The molecule has 3 amide bonds. The van der Waals surface area contributed by atoms with Gasteiger partial charge in [-0.15, -0.1) is 0 Å². The van der Waals surface area contributed by atoms with Gasteiger partial charge >= 0.3 is 6.03 Å². The SMILES string of the molecule is CCOc1ccc(N[C@H](C)C(=O)NC(=O)NC23CC4CC(CC(C4)C2)C3)cc1S(=O)(=O)N(C)C. The van der Waals surface area contributed by atoms with Gasteiger partial charge in [0.15, 0.2) is 0 Å². The second-order valence-electron chi connectivity index (χ2n) is 10.4. The van der Waals surface area contributed by atoms with E-state index < -0.39 is 28.0 Å². The van der Waals surface area contributed by atoms with Crippen molar-refractivity contribution < 1.29 is 22.7 Å². The number of amides is 3. The third-order valence-corrected chi connectivity index (χ3v) is 9.27. The summed E-state index contributed by atoms with van der Waals surface area (Å²) in [5, 5.41) is 8.60. The molecule has 4 aliphatic rings. The number of ether oxygens (including phenoxy) is 1. The topological polar surface area (TPSA) is 117 Å². The Balaban J connectivity index is 1.39. The van der Waals surface area contributed by atoms with E-state index in [-0.39, 0.29) is 16.2 Å². The van der Waals surface area contributed by atoms with Crippen molar-refractivity contribution in [3.63, 3.8) is 0 Å². The molecule has 1 aromatic rings. The van der Waals surface area contributed by atoms with Crippen LogP contribution in [0.25, 0.3) is 0 Å². The highest BCUT2D eigenvalue weighted by Crippen LogP contribution is 2.55. The minimum Gasteiger partial charge on any atom is -0.492 e. The Morgan fingerprint density at radius 1 is 1.12 bits per heavy atom. The van der Waals surface area contributed by atoms with Crippen molar-refractivity contribution >= 4 is 27.6 Å². The highest BCUT2D eigenvalue weighted by molar-refractivity contribution is 7.89. The van der Waals surface area contributed by atoms with Crippen LogP contribution in [0.1, 0.15) is 52.4 Å². The number of nitrogens with one attached hydrogen (secondary N) is 3. The lowest BCUT2D eigenvalue weighted by molar-refractivity contribution is -0.120. The maximum atomic E-state index is 12.7. The standard InChI is InChI=1S/C24H36N4O5S/c1-5-33-20-7-6-19(11-21(20)34(31,32)28(3)4)25-15(2)22(29)26-23(30)27-24-12-16-8-17(13-24)10-18(9-16)14-24/h6-7,11,15-18,25H,5,8-10,12-14H2,1-4H3,(H2,26,27,29,30)/t15-,16?,17?,18?,24?/m1/s1. The number of anilines is 1. The van der Waals surface area contributed by atoms with Crippen molar-refractivity contribution in [1.82, 2.24) is 14.9 Å². The van der Waals surface area contributed by atoms with Crippen LogP contribution < -0.4 is 20.7 Å². The summed E-state index contributed by atoms with van der Waals surface area (Å²) in [6.07, 6.45) is 6.83. The van der Waals surface area contributed by atoms with E-state index in [1.165, 1.54) is 39.4 Å². The van der Waals surface area contributed by atoms with Crippen LogP contribution in [0.3, 0.4) is 0 Å². The highest BCUT2D eigenvalue weighted by Gasteiger charge is 2.51. The van der Waals surface area contributed by atoms with Crippen molar-refractivity contribution in [2.75, 3.05) is 26.0 Å². The van der Waals surface area contributed by atoms with Gasteiger partial charge in [0.25, 0.3) is 0 Å². The molecular weight excluding hydrogens is 456 g/mol. The number of rotatable bonds is 8. The summed E-state index contributed by atoms with van der Waals surface area (Å²) in [7, 11) is -0.854. The molecule has 4 bridgehead atoms. The van der Waals surface area contributed by atoms with Gasteiger partial charge in [0, 0.05) is 25.3 Å². The first kappa shape index (κ1) is 24.8. The summed E-state index contributed by atoms with van der Waals surface area (Å²) in [5.41, 5.74) is 0.258. The molecule has 3 N–H and O–H groups in total. The van der Waals surface area contributed by atoms with Gasteiger partial charge in [-0.05, 0) is 88.3 Å². The first-order chi connectivity index (χ1) is 16.0. The summed E-state index contributed by atoms with van der Waals surface area (Å²) in [5.74, 6) is 1.84. The van der Waals surface area contributed by atoms with E-state index >= 15 is 0 Å². The smallest absolute Gasteiger partial charge is 0.321 e. The van der Waals surface area contributed by atoms with Crippen molar-refractivity contribution in [3.05, 3.63) is 18.2 Å². The lowest BCUT2D eigenvalue weighted by Gasteiger charge is -2.56. The number of imide groups is 1. The number of hydrogen-bond donors (Lipinski definition) is 3. The predicted molar refractivity (Wildman–Crippen MR) is 129 cm³/mol. The lowest BCUT2D eigenvalue weighted by atomic mass is 9.53. The molecule has 0 spiro atoms. The van der Waals surface area contributed by atoms with E-state index in [2.05, 4.69) is 16.0 Å². The van der Waals surface area contributed by atoms with Crippen LogP contribution in [-0.2, 0) is 14.8 Å². The van der Waals surface area contributed by atoms with Crippen molar-refractivity contribution in [2.24, 2.45) is 17.8 Å². The number of urea groups is 1. The maximum absolute atomic E-state index is 12.7. The van der Waals surface area contributed by atoms with Crippen LogP contribution in [0.5, 0.6) is 5.75 Å². The van der Waals surface area contributed by atoms with Crippen LogP contribution >= 0.6 is 0 Å². The zero-order chi connectivity index (χ0) is 24.7. The quantitative estimate of drug-likeness (QED) is 0.514. The monoisotopic (exact) mass is 492 g/mol. The first-order valence-corrected chi connectivity index (χ1v) is 13.5. The van der Waals surface area contributed by atoms with Crippen LogP contribution in [0.2, 0.25) is 0 Å². The van der Waals surface area contributed by atoms with Crippen molar-refractivity contribution in [3.8, 4) is 5.75 Å². The third kappa shape index (κ3) is 5.02. The van der Waals surface area contributed by atoms with Crippen LogP contribution in [0, 0.1) is 17.8 Å². The minimum absolute atomic E-state index is 0.0107. The molecule has 0 unspecified atom stereocenters. The highest BCUT2D eigenvalue weighted by atomic mass is 32.2. The van der Waals surface area contributed by atoms with Gasteiger partial charge in [0.2, 0.25) is 15.9 Å². The Morgan fingerprint density at radius 2 is 1.71 bits per heavy atom. The number of carbonyl (C=O) groups excluding carboxylic acids is 2. The lowest BCUT2D eigenvalue weighted by Crippen LogP contribution is -2.62. The summed E-state index contributed by atoms with van der Waals surface area (Å²) >= 11 is 0. The zero-order valence-electron chi connectivity index (χ0n) is 20.4. The van der Waals surface area contributed by atoms with E-state index in [1.807, 2.05) is 0 Å². The molecule has 0 radical (unpaired) electrons. The molecule has 188 valence electrons. The number of carbonyl (C=O) groups is 2. The molecule has 4 aliphatic carbocycles. The molecule has 9 nitrogen and oxygen atoms in total. The Kier molecular flexibility index (Phi) is 6.83. The van der Waals surface area contributed by atoms with Gasteiger partial charge in [-0.1, -0.05) is 0 Å². The summed E-state index contributed by atoms with van der Waals surface area (Å²) in [4.78, 5) is 25.4. The number of nitrogens with zero attached hydrogens (tertiary/aromatic N) is 1. The molecule has 1 aromatic carbocycles. The summed E-state index contributed by atoms with van der Waals surface area (Å²) < 4.78 is 32.1. The second kappa shape index (κ2) is 9.37. The van der Waals surface area contributed by atoms with E-state index in [0.717, 1.165) is 23.6 Å². The predicted octanol–water partition coefficient (Wildman–Crippen LogP) is 2.93. The van der Waals surface area contributed by atoms with E-state index in [4.69, 9.17) is 4.74 Å². The van der Waals surface area contributed by atoms with Gasteiger partial charge < -0.3 is 15.4 Å². The van der Waals surface area contributed by atoms with Gasteiger partial charge in [0.05, 0.1) is 6.61 Å². The molecule has 4 saturated carbocycles. The normalized spacial score (nSPS) is 28.4. The zero-order valence-corrected chi connectivity index (χ0v) is 21.2. The third-order valence-electron chi connectivity index (χ3n) is 7.43. The molecule has 0 aromatic heterocycles. The Bertz CT molecular complexity index is 1020. The molecule has 10 heteroatoms. The summed E-state index contributed by atoms with van der Waals surface area (Å²) in [6, 6.07) is 3.45. The van der Waals surface area contributed by atoms with Crippen LogP contribution in [0.4, 0.5) is 10.5 Å². The van der Waals surface area contributed by atoms with Gasteiger partial charge in [-0.3, -0.25) is 10.1 Å². The Hall–Kier alpha value is -2.33. The maximum Gasteiger partial charge on any atom is 0.321 e. The molecule has 1 atom stereocenters. The molecule has 0 saturated heterocycles. The summed E-state index contributed by atoms with van der Waals surface area (Å²) in [6.45, 7) is 3.73. The second-order valence-corrected chi connectivity index (χ2v) is 12.5. The van der Waals surface area contributed by atoms with Crippen molar-refractivity contribution in [1.29, 1.82) is 0 Å². The fourth-order valence-corrected chi connectivity index (χ4v) is 7.39. The van der Waals surface area contributed by atoms with Gasteiger partial charge in [-0.25, -0.2) is 17.5 Å². The molecule has 34 heavy (non-hydrogen) atoms. The average molecular weight is 493 g/mol. The Labute approximate surface area is 202 Å². The van der Waals surface area contributed by atoms with Crippen LogP contribution in [-0.4, -0.2) is 56.9 Å². The van der Waals surface area contributed by atoms with E-state index in [1.54, 1.807) is 26.0 Å². The number of sulfonamides is 1. The Morgan fingerprint density at radius 3 is 2.24 bits per heavy atom. The minimum atomic E-state index is -3.75. The van der Waals surface area contributed by atoms with E-state index in [0.29, 0.717) is 30.0 Å². The molecule has 4 fully saturated rings. The molecule has 5 rings (SSSR count). The van der Waals surface area contributed by atoms with Crippen LogP contribution in [0.15, 0.2) is 23.1 Å². The molecule has 0 aliphatic heterocycles. The van der Waals surface area contributed by atoms with E-state index in [9.17, 15) is 18.0 Å². The van der Waals surface area contributed by atoms with Crippen molar-refractivity contribution in [2.45, 2.75) is 68.8 Å². The first-order valence-electron chi connectivity index (χ1n) is 12.1. The van der Waals surface area contributed by atoms with Gasteiger partial charge in [-0.2, -0.15) is 0 Å². The average Bonchev–Trinajstić information content (AvgIpc) is 2.73.